The molecule has 1 amide bonds. The van der Waals surface area contributed by atoms with Crippen LogP contribution in [0.1, 0.15) is 19.3 Å². The van der Waals surface area contributed by atoms with Crippen LogP contribution in [0.25, 0.3) is 0 Å². The Bertz CT molecular complexity index is 649. The molecule has 1 atom stereocenters. The fourth-order valence-corrected chi connectivity index (χ4v) is 2.73. The Morgan fingerprint density at radius 2 is 2.21 bits per heavy atom. The predicted octanol–water partition coefficient (Wildman–Crippen LogP) is -0.394. The van der Waals surface area contributed by atoms with E-state index in [2.05, 4.69) is 25.4 Å². The fraction of sp³-hybridized carbons (Fsp3) is 0.533. The number of aliphatic hydroxyl groups is 1. The highest BCUT2D eigenvalue weighted by Crippen LogP contribution is 2.23. The first-order valence-corrected chi connectivity index (χ1v) is 7.98. The molecule has 3 heterocycles. The topological polar surface area (TPSA) is 109 Å². The number of amides is 1. The molecule has 1 saturated heterocycles. The summed E-state index contributed by atoms with van der Waals surface area (Å²) in [5.74, 6) is 0.533. The highest BCUT2D eigenvalue weighted by molar-refractivity contribution is 5.75. The summed E-state index contributed by atoms with van der Waals surface area (Å²) in [7, 11) is 0. The second kappa shape index (κ2) is 7.35. The van der Waals surface area contributed by atoms with E-state index in [1.165, 1.54) is 6.33 Å². The second-order valence-electron chi connectivity index (χ2n) is 5.98. The van der Waals surface area contributed by atoms with Gasteiger partial charge in [0.1, 0.15) is 18.3 Å². The first-order valence-electron chi connectivity index (χ1n) is 7.98. The first-order chi connectivity index (χ1) is 11.6. The van der Waals surface area contributed by atoms with Crippen molar-refractivity contribution in [2.45, 2.75) is 31.4 Å². The van der Waals surface area contributed by atoms with Gasteiger partial charge < -0.3 is 15.3 Å². The number of hydrogen-bond acceptors (Lipinski definition) is 7. The van der Waals surface area contributed by atoms with Gasteiger partial charge in [-0.2, -0.15) is 5.10 Å². The number of carbonyl (C=O) groups is 1. The molecule has 0 aliphatic carbocycles. The van der Waals surface area contributed by atoms with Gasteiger partial charge in [-0.3, -0.25) is 9.48 Å². The average Bonchev–Trinajstić information content (AvgIpc) is 3.24. The lowest BCUT2D eigenvalue weighted by Gasteiger charge is -2.23. The van der Waals surface area contributed by atoms with Crippen molar-refractivity contribution in [3.8, 4) is 0 Å². The minimum atomic E-state index is -0.944. The Morgan fingerprint density at radius 1 is 1.38 bits per heavy atom. The minimum absolute atomic E-state index is 0.0713. The number of nitrogens with zero attached hydrogens (tertiary/aromatic N) is 6. The summed E-state index contributed by atoms with van der Waals surface area (Å²) in [5.41, 5.74) is -0.944. The Kier molecular flexibility index (Phi) is 4.99. The van der Waals surface area contributed by atoms with Crippen molar-refractivity contribution >= 4 is 11.9 Å². The van der Waals surface area contributed by atoms with Crippen molar-refractivity contribution in [3.05, 3.63) is 31.1 Å². The number of anilines is 1. The van der Waals surface area contributed by atoms with Gasteiger partial charge in [-0.15, -0.1) is 0 Å². The number of carbonyl (C=O) groups excluding carboxylic acids is 1. The molecule has 2 aromatic heterocycles. The number of hydrogen-bond donors (Lipinski definition) is 2. The molecule has 0 spiro atoms. The van der Waals surface area contributed by atoms with E-state index in [0.717, 1.165) is 0 Å². The highest BCUT2D eigenvalue weighted by Gasteiger charge is 2.37. The summed E-state index contributed by atoms with van der Waals surface area (Å²) in [6.45, 7) is 1.97. The van der Waals surface area contributed by atoms with Gasteiger partial charge in [0.15, 0.2) is 0 Å². The maximum Gasteiger partial charge on any atom is 0.225 e. The Morgan fingerprint density at radius 3 is 2.96 bits per heavy atom. The quantitative estimate of drug-likeness (QED) is 0.711. The van der Waals surface area contributed by atoms with E-state index in [0.29, 0.717) is 44.8 Å². The van der Waals surface area contributed by atoms with Gasteiger partial charge in [0.2, 0.25) is 11.9 Å². The molecular formula is C15H21N7O2. The molecule has 24 heavy (non-hydrogen) atoms. The van der Waals surface area contributed by atoms with E-state index < -0.39 is 5.60 Å². The van der Waals surface area contributed by atoms with E-state index in [9.17, 15) is 9.90 Å². The molecular weight excluding hydrogens is 310 g/mol. The minimum Gasteiger partial charge on any atom is -0.386 e. The number of rotatable bonds is 7. The molecule has 9 heteroatoms. The monoisotopic (exact) mass is 331 g/mol. The lowest BCUT2D eigenvalue weighted by molar-refractivity contribution is -0.122. The third-order valence-electron chi connectivity index (χ3n) is 4.04. The van der Waals surface area contributed by atoms with Crippen LogP contribution in [0.15, 0.2) is 31.1 Å². The van der Waals surface area contributed by atoms with Crippen molar-refractivity contribution in [2.24, 2.45) is 0 Å². The summed E-state index contributed by atoms with van der Waals surface area (Å²) in [5, 5.41) is 17.4. The lowest BCUT2D eigenvalue weighted by Crippen LogP contribution is -2.45. The molecule has 128 valence electrons. The third kappa shape index (κ3) is 4.25. The zero-order valence-electron chi connectivity index (χ0n) is 13.4. The molecule has 9 nitrogen and oxygen atoms in total. The van der Waals surface area contributed by atoms with Crippen molar-refractivity contribution < 1.29 is 9.90 Å². The average molecular weight is 331 g/mol. The third-order valence-corrected chi connectivity index (χ3v) is 4.04. The fourth-order valence-electron chi connectivity index (χ4n) is 2.73. The van der Waals surface area contributed by atoms with Crippen LogP contribution in [0.4, 0.5) is 5.95 Å². The molecule has 0 bridgehead atoms. The van der Waals surface area contributed by atoms with Crippen molar-refractivity contribution in [3.63, 3.8) is 0 Å². The van der Waals surface area contributed by atoms with Gasteiger partial charge in [-0.25, -0.2) is 15.0 Å². The molecule has 3 rings (SSSR count). The number of nitrogens with one attached hydrogen (secondary N) is 1. The Labute approximate surface area is 139 Å². The molecule has 0 unspecified atom stereocenters. The summed E-state index contributed by atoms with van der Waals surface area (Å²) in [4.78, 5) is 26.1. The highest BCUT2D eigenvalue weighted by atomic mass is 16.3. The summed E-state index contributed by atoms with van der Waals surface area (Å²) in [6.07, 6.45) is 8.09. The number of aryl methyl sites for hydroxylation is 1. The van der Waals surface area contributed by atoms with Crippen LogP contribution in [0.5, 0.6) is 0 Å². The van der Waals surface area contributed by atoms with Crippen LogP contribution < -0.4 is 10.2 Å². The van der Waals surface area contributed by atoms with Gasteiger partial charge in [0, 0.05) is 38.4 Å². The summed E-state index contributed by atoms with van der Waals surface area (Å²) < 4.78 is 1.69. The molecule has 1 fully saturated rings. The van der Waals surface area contributed by atoms with E-state index in [1.54, 1.807) is 29.5 Å². The van der Waals surface area contributed by atoms with Crippen molar-refractivity contribution in [2.75, 3.05) is 24.5 Å². The van der Waals surface area contributed by atoms with E-state index >= 15 is 0 Å². The number of β-amino-alcohol motifs (C(OH)–C–C–N with tert-alkyl or cyclic N) is 1. The largest absolute Gasteiger partial charge is 0.386 e. The predicted molar refractivity (Wildman–Crippen MR) is 86.1 cm³/mol. The summed E-state index contributed by atoms with van der Waals surface area (Å²) >= 11 is 0. The maximum absolute atomic E-state index is 11.9. The van der Waals surface area contributed by atoms with Gasteiger partial charge in [0.05, 0.1) is 6.54 Å². The summed E-state index contributed by atoms with van der Waals surface area (Å²) in [6, 6.07) is 1.76. The SMILES string of the molecule is O=C(CCCn1cncn1)NC[C@]1(O)CCN(c2ncccn2)C1. The van der Waals surface area contributed by atoms with E-state index in [4.69, 9.17) is 0 Å². The zero-order chi connectivity index (χ0) is 16.8. The molecule has 0 saturated carbocycles. The van der Waals surface area contributed by atoms with E-state index in [1.807, 2.05) is 4.90 Å². The van der Waals surface area contributed by atoms with Crippen LogP contribution in [-0.2, 0) is 11.3 Å². The van der Waals surface area contributed by atoms with Crippen LogP contribution >= 0.6 is 0 Å². The van der Waals surface area contributed by atoms with Crippen LogP contribution in [-0.4, -0.2) is 61.0 Å². The van der Waals surface area contributed by atoms with E-state index in [-0.39, 0.29) is 12.5 Å². The number of aromatic nitrogens is 5. The van der Waals surface area contributed by atoms with Crippen LogP contribution in [0.2, 0.25) is 0 Å². The van der Waals surface area contributed by atoms with Crippen molar-refractivity contribution in [1.82, 2.24) is 30.0 Å². The lowest BCUT2D eigenvalue weighted by atomic mass is 10.0. The molecule has 0 radical (unpaired) electrons. The normalized spacial score (nSPS) is 20.3. The van der Waals surface area contributed by atoms with Crippen LogP contribution in [0, 0.1) is 0 Å². The smallest absolute Gasteiger partial charge is 0.225 e. The zero-order valence-corrected chi connectivity index (χ0v) is 13.4. The Hall–Kier alpha value is -2.55. The molecule has 1 aliphatic rings. The molecule has 2 N–H and O–H groups in total. The molecule has 0 aromatic carbocycles. The molecule has 2 aromatic rings. The van der Waals surface area contributed by atoms with Gasteiger partial charge >= 0.3 is 0 Å². The molecule has 1 aliphatic heterocycles. The van der Waals surface area contributed by atoms with Gasteiger partial charge in [-0.1, -0.05) is 0 Å². The van der Waals surface area contributed by atoms with Crippen LogP contribution in [0.3, 0.4) is 0 Å². The first kappa shape index (κ1) is 16.3. The van der Waals surface area contributed by atoms with Crippen molar-refractivity contribution in [1.29, 1.82) is 0 Å². The maximum atomic E-state index is 11.9. The van der Waals surface area contributed by atoms with Gasteiger partial charge in [-0.05, 0) is 18.9 Å². The standard InChI is InChI=1S/C15H21N7O2/c23-13(3-1-7-22-12-16-11-20-22)19-9-15(24)4-8-21(10-15)14-17-5-2-6-18-14/h2,5-6,11-12,24H,1,3-4,7-10H2,(H,19,23)/t15-/m1/s1. The Balaban J connectivity index is 1.40. The van der Waals surface area contributed by atoms with Gasteiger partial charge in [0.25, 0.3) is 0 Å². The second-order valence-corrected chi connectivity index (χ2v) is 5.98.